The molecule has 0 fully saturated rings. The lowest BCUT2D eigenvalue weighted by molar-refractivity contribution is -0.779. The topological polar surface area (TPSA) is 121 Å². The molecule has 0 spiro atoms. The van der Waals surface area contributed by atoms with Crippen molar-refractivity contribution in [2.45, 2.75) is 38.8 Å². The molecule has 0 aliphatic carbocycles. The van der Waals surface area contributed by atoms with Gasteiger partial charge < -0.3 is 14.6 Å². The molecule has 0 saturated carbocycles. The lowest BCUT2D eigenvalue weighted by Crippen LogP contribution is -2.24. The van der Waals surface area contributed by atoms with Crippen LogP contribution in [0.15, 0.2) is 30.5 Å². The maximum Gasteiger partial charge on any atom is 0.507 e. The molecular weight excluding hydrogens is 392 g/mol. The van der Waals surface area contributed by atoms with Gasteiger partial charge in [0.15, 0.2) is 0 Å². The van der Waals surface area contributed by atoms with Gasteiger partial charge in [-0.25, -0.2) is 4.79 Å². The number of carboxylic acid groups (broad SMARTS) is 1. The van der Waals surface area contributed by atoms with Crippen molar-refractivity contribution in [3.63, 3.8) is 0 Å². The average Bonchev–Trinajstić information content (AvgIpc) is 3.04. The molecule has 28 heavy (non-hydrogen) atoms. The van der Waals surface area contributed by atoms with Crippen molar-refractivity contribution in [1.82, 2.24) is 4.98 Å². The molecule has 148 valence electrons. The van der Waals surface area contributed by atoms with Crippen LogP contribution in [0.5, 0.6) is 0 Å². The molecular formula is C18H17ClN2O7. The minimum absolute atomic E-state index is 0.0421. The predicted octanol–water partition coefficient (Wildman–Crippen LogP) is 3.82. The van der Waals surface area contributed by atoms with Gasteiger partial charge in [0.25, 0.3) is 11.4 Å². The van der Waals surface area contributed by atoms with Crippen LogP contribution in [0, 0.1) is 17.0 Å². The van der Waals surface area contributed by atoms with Gasteiger partial charge in [0.2, 0.25) is 0 Å². The Labute approximate surface area is 164 Å². The summed E-state index contributed by atoms with van der Waals surface area (Å²) in [6.07, 6.45) is -1.55. The lowest BCUT2D eigenvalue weighted by Gasteiger charge is -2.19. The van der Waals surface area contributed by atoms with Gasteiger partial charge in [0, 0.05) is 28.9 Å². The molecule has 1 aliphatic heterocycles. The molecule has 1 aliphatic rings. The highest BCUT2D eigenvalue weighted by molar-refractivity contribution is 6.30. The second kappa shape index (κ2) is 8.41. The summed E-state index contributed by atoms with van der Waals surface area (Å²) in [5, 5.41) is 18.9. The zero-order valence-corrected chi connectivity index (χ0v) is 15.6. The van der Waals surface area contributed by atoms with Crippen LogP contribution in [0.4, 0.5) is 4.79 Å². The van der Waals surface area contributed by atoms with Crippen LogP contribution < -0.4 is 0 Å². The molecule has 0 radical (unpaired) electrons. The number of nitrogens with zero attached hydrogens (tertiary/aromatic N) is 2. The molecule has 1 aromatic carbocycles. The summed E-state index contributed by atoms with van der Waals surface area (Å²) in [7, 11) is 0. The van der Waals surface area contributed by atoms with E-state index in [9.17, 15) is 14.9 Å². The van der Waals surface area contributed by atoms with E-state index >= 15 is 0 Å². The molecule has 2 aromatic rings. The van der Waals surface area contributed by atoms with Gasteiger partial charge in [-0.05, 0) is 42.2 Å². The van der Waals surface area contributed by atoms with Crippen LogP contribution in [0.1, 0.15) is 40.5 Å². The summed E-state index contributed by atoms with van der Waals surface area (Å²) in [6.45, 7) is 2.19. The number of pyridine rings is 1. The first-order chi connectivity index (χ1) is 13.3. The Morgan fingerprint density at radius 3 is 2.82 bits per heavy atom. The van der Waals surface area contributed by atoms with Crippen molar-refractivity contribution in [2.75, 3.05) is 0 Å². The minimum Gasteiger partial charge on any atom is -0.450 e. The summed E-state index contributed by atoms with van der Waals surface area (Å²) >= 11 is 5.96. The highest BCUT2D eigenvalue weighted by atomic mass is 35.5. The number of aryl methyl sites for hydroxylation is 1. The minimum atomic E-state index is -1.65. The number of hydrogen-bond acceptors (Lipinski definition) is 7. The lowest BCUT2D eigenvalue weighted by atomic mass is 9.92. The van der Waals surface area contributed by atoms with E-state index in [0.29, 0.717) is 11.6 Å². The summed E-state index contributed by atoms with van der Waals surface area (Å²) in [4.78, 5) is 30.0. The fraction of sp³-hybridized carbons (Fsp3) is 0.333. The van der Waals surface area contributed by atoms with Crippen LogP contribution in [0.25, 0.3) is 0 Å². The number of rotatable bonds is 7. The van der Waals surface area contributed by atoms with Gasteiger partial charge in [0.05, 0.1) is 6.61 Å². The monoisotopic (exact) mass is 408 g/mol. The third kappa shape index (κ3) is 4.49. The number of aromatic nitrogens is 1. The largest absolute Gasteiger partial charge is 0.507 e. The molecule has 0 saturated heterocycles. The molecule has 10 heteroatoms. The number of hydrogen-bond donors (Lipinski definition) is 1. The van der Waals surface area contributed by atoms with Crippen molar-refractivity contribution in [3.8, 4) is 0 Å². The fourth-order valence-electron chi connectivity index (χ4n) is 3.23. The van der Waals surface area contributed by atoms with Gasteiger partial charge >= 0.3 is 6.16 Å². The first-order valence-corrected chi connectivity index (χ1v) is 8.78. The Kier molecular flexibility index (Phi) is 5.96. The fourth-order valence-corrected chi connectivity index (χ4v) is 3.35. The third-order valence-electron chi connectivity index (χ3n) is 4.43. The first kappa shape index (κ1) is 19.8. The van der Waals surface area contributed by atoms with E-state index in [1.807, 2.05) is 19.1 Å². The zero-order valence-electron chi connectivity index (χ0n) is 14.8. The predicted molar refractivity (Wildman–Crippen MR) is 96.4 cm³/mol. The van der Waals surface area contributed by atoms with Crippen LogP contribution in [0.2, 0.25) is 5.02 Å². The van der Waals surface area contributed by atoms with Gasteiger partial charge in [-0.3, -0.25) is 9.82 Å². The van der Waals surface area contributed by atoms with E-state index in [0.717, 1.165) is 27.9 Å². The van der Waals surface area contributed by atoms with Crippen molar-refractivity contribution < 1.29 is 29.3 Å². The van der Waals surface area contributed by atoms with Crippen molar-refractivity contribution in [1.29, 1.82) is 0 Å². The maximum atomic E-state index is 10.8. The number of benzene rings is 1. The highest BCUT2D eigenvalue weighted by Gasteiger charge is 2.30. The molecule has 2 unspecified atom stereocenters. The zero-order chi connectivity index (χ0) is 20.3. The number of ether oxygens (including phenoxy) is 2. The van der Waals surface area contributed by atoms with E-state index in [2.05, 4.69) is 14.6 Å². The van der Waals surface area contributed by atoms with Gasteiger partial charge in [-0.15, -0.1) is 10.1 Å². The van der Waals surface area contributed by atoms with Crippen LogP contribution in [-0.2, 0) is 27.3 Å². The molecule has 3 rings (SSSR count). The molecule has 2 heterocycles. The van der Waals surface area contributed by atoms with E-state index < -0.39 is 17.5 Å². The Hall–Kier alpha value is -2.91. The SMILES string of the molecule is Cc1ncc2c(c1CCC(OC(=O)O)O[N+](=O)[O-])C(c1ccc(Cl)cc1)OC2. The van der Waals surface area contributed by atoms with Gasteiger partial charge in [-0.2, -0.15) is 0 Å². The first-order valence-electron chi connectivity index (χ1n) is 8.40. The normalized spacial score (nSPS) is 16.3. The number of fused-ring (bicyclic) bond motifs is 1. The quantitative estimate of drug-likeness (QED) is 0.317. The second-order valence-corrected chi connectivity index (χ2v) is 6.62. The summed E-state index contributed by atoms with van der Waals surface area (Å²) in [6, 6.07) is 7.28. The summed E-state index contributed by atoms with van der Waals surface area (Å²) in [5.41, 5.74) is 4.28. The van der Waals surface area contributed by atoms with E-state index in [-0.39, 0.29) is 18.9 Å². The van der Waals surface area contributed by atoms with Gasteiger partial charge in [-0.1, -0.05) is 23.7 Å². The summed E-state index contributed by atoms with van der Waals surface area (Å²) in [5.74, 6) is 0. The average molecular weight is 409 g/mol. The van der Waals surface area contributed by atoms with E-state index in [1.54, 1.807) is 18.3 Å². The molecule has 1 N–H and O–H groups in total. The Morgan fingerprint density at radius 2 is 2.18 bits per heavy atom. The number of carbonyl (C=O) groups is 1. The van der Waals surface area contributed by atoms with E-state index in [1.165, 1.54) is 0 Å². The maximum absolute atomic E-state index is 10.8. The van der Waals surface area contributed by atoms with Crippen LogP contribution in [0.3, 0.4) is 0 Å². The Bertz CT molecular complexity index is 872. The van der Waals surface area contributed by atoms with Crippen LogP contribution in [-0.4, -0.2) is 27.6 Å². The van der Waals surface area contributed by atoms with Crippen molar-refractivity contribution >= 4 is 17.8 Å². The Balaban J connectivity index is 1.87. The molecule has 0 amide bonds. The van der Waals surface area contributed by atoms with Crippen LogP contribution >= 0.6 is 11.6 Å². The third-order valence-corrected chi connectivity index (χ3v) is 4.68. The van der Waals surface area contributed by atoms with E-state index in [4.69, 9.17) is 21.4 Å². The summed E-state index contributed by atoms with van der Waals surface area (Å²) < 4.78 is 10.4. The molecule has 9 nitrogen and oxygen atoms in total. The Morgan fingerprint density at radius 1 is 1.46 bits per heavy atom. The highest BCUT2D eigenvalue weighted by Crippen LogP contribution is 2.39. The standard InChI is InChI=1S/C18H17ClN2O7/c1-10-14(6-7-15(27-18(22)23)28-21(24)25)16-12(8-20-10)9-26-17(16)11-2-4-13(19)5-3-11/h2-5,8,15,17H,6-7,9H2,1H3,(H,22,23). The molecule has 0 bridgehead atoms. The molecule has 1 aromatic heterocycles. The van der Waals surface area contributed by atoms with Crippen molar-refractivity contribution in [2.24, 2.45) is 0 Å². The second-order valence-electron chi connectivity index (χ2n) is 6.18. The van der Waals surface area contributed by atoms with Gasteiger partial charge in [0.1, 0.15) is 6.10 Å². The van der Waals surface area contributed by atoms with Crippen molar-refractivity contribution in [3.05, 3.63) is 73.5 Å². The smallest absolute Gasteiger partial charge is 0.450 e. The number of halogens is 1. The molecule has 2 atom stereocenters.